The number of rotatable bonds is 4. The minimum atomic E-state index is 0.171. The minimum Gasteiger partial charge on any atom is -0.338 e. The number of halogens is 1. The predicted molar refractivity (Wildman–Crippen MR) is 145 cm³/mol. The summed E-state index contributed by atoms with van der Waals surface area (Å²) in [5.41, 5.74) is 4.64. The lowest BCUT2D eigenvalue weighted by atomic mass is 9.85. The molecule has 0 aromatic heterocycles. The summed E-state index contributed by atoms with van der Waals surface area (Å²) in [6, 6.07) is 16.0. The van der Waals surface area contributed by atoms with Crippen LogP contribution in [0.1, 0.15) is 66.7 Å². The third kappa shape index (κ3) is 5.15. The first-order valence-electron chi connectivity index (χ1n) is 12.3. The number of likely N-dealkylation sites (tertiary alicyclic amines) is 1. The highest BCUT2D eigenvalue weighted by atomic mass is 123. The Hall–Kier alpha value is -1.44. The molecule has 2 aromatic rings. The first kappa shape index (κ1) is 24.7. The first-order valence-corrected chi connectivity index (χ1v) is 13.4. The van der Waals surface area contributed by atoms with Crippen LogP contribution in [0.5, 0.6) is 0 Å². The second-order valence-electron chi connectivity index (χ2n) is 10.3. The van der Waals surface area contributed by atoms with Gasteiger partial charge in [-0.05, 0) is 98.9 Å². The molecule has 0 saturated carbocycles. The highest BCUT2D eigenvalue weighted by molar-refractivity contribution is 14.1. The minimum absolute atomic E-state index is 0.171. The number of hydrogen-bond donors (Lipinski definition) is 0. The summed E-state index contributed by atoms with van der Waals surface area (Å²) < 4.78 is 1.29. The zero-order chi connectivity index (χ0) is 23.8. The lowest BCUT2D eigenvalue weighted by Gasteiger charge is -2.52. The SMILES string of the molecule is Cc1cccc(C)c1C(=O)N1CCC(C)(N2CCN([C@@H](C)c3ccc([123I])cc3)[C@@H](C)C2)CC1. The molecular weight excluding hydrogens is 517 g/mol. The van der Waals surface area contributed by atoms with E-state index < -0.39 is 0 Å². The van der Waals surface area contributed by atoms with E-state index in [1.807, 2.05) is 32.0 Å². The molecule has 4 rings (SSSR count). The van der Waals surface area contributed by atoms with E-state index in [9.17, 15) is 4.79 Å². The fraction of sp³-hybridized carbons (Fsp3) is 0.536. The molecule has 2 fully saturated rings. The van der Waals surface area contributed by atoms with Gasteiger partial charge in [0.15, 0.2) is 0 Å². The van der Waals surface area contributed by atoms with E-state index in [-0.39, 0.29) is 11.4 Å². The van der Waals surface area contributed by atoms with E-state index in [1.165, 1.54) is 9.13 Å². The molecule has 0 spiro atoms. The highest BCUT2D eigenvalue weighted by Crippen LogP contribution is 2.34. The van der Waals surface area contributed by atoms with Crippen molar-refractivity contribution in [3.63, 3.8) is 0 Å². The van der Waals surface area contributed by atoms with Gasteiger partial charge in [0.2, 0.25) is 0 Å². The van der Waals surface area contributed by atoms with E-state index in [1.54, 1.807) is 0 Å². The molecule has 0 aliphatic carbocycles. The molecule has 1 amide bonds. The van der Waals surface area contributed by atoms with Crippen molar-refractivity contribution in [3.05, 3.63) is 68.3 Å². The smallest absolute Gasteiger partial charge is 0.254 e. The number of amides is 1. The molecule has 178 valence electrons. The van der Waals surface area contributed by atoms with Gasteiger partial charge in [0.05, 0.1) is 0 Å². The maximum absolute atomic E-state index is 13.3. The maximum Gasteiger partial charge on any atom is 0.254 e. The Morgan fingerprint density at radius 3 is 2.18 bits per heavy atom. The lowest BCUT2D eigenvalue weighted by Crippen LogP contribution is -2.62. The van der Waals surface area contributed by atoms with Crippen LogP contribution in [0.3, 0.4) is 0 Å². The molecule has 2 heterocycles. The Balaban J connectivity index is 1.37. The predicted octanol–water partition coefficient (Wildman–Crippen LogP) is 5.67. The van der Waals surface area contributed by atoms with Crippen LogP contribution in [0.25, 0.3) is 0 Å². The van der Waals surface area contributed by atoms with Gasteiger partial charge in [-0.2, -0.15) is 0 Å². The molecule has 5 heteroatoms. The van der Waals surface area contributed by atoms with Gasteiger partial charge < -0.3 is 4.90 Å². The van der Waals surface area contributed by atoms with Gasteiger partial charge in [0, 0.05) is 59.5 Å². The molecule has 0 N–H and O–H groups in total. The summed E-state index contributed by atoms with van der Waals surface area (Å²) >= 11 is 2.37. The fourth-order valence-electron chi connectivity index (χ4n) is 5.79. The zero-order valence-electron chi connectivity index (χ0n) is 20.8. The molecule has 0 unspecified atom stereocenters. The number of carbonyl (C=O) groups is 1. The van der Waals surface area contributed by atoms with E-state index >= 15 is 0 Å². The third-order valence-electron chi connectivity index (χ3n) is 8.12. The second-order valence-corrected chi connectivity index (χ2v) is 11.6. The topological polar surface area (TPSA) is 26.8 Å². The molecule has 0 bridgehead atoms. The first-order chi connectivity index (χ1) is 15.7. The van der Waals surface area contributed by atoms with Crippen molar-refractivity contribution in [3.8, 4) is 0 Å². The fourth-order valence-corrected chi connectivity index (χ4v) is 6.15. The number of piperidine rings is 1. The molecule has 0 radical (unpaired) electrons. The number of benzene rings is 2. The van der Waals surface area contributed by atoms with Crippen molar-refractivity contribution in [2.45, 2.75) is 65.1 Å². The van der Waals surface area contributed by atoms with Crippen LogP contribution >= 0.6 is 22.6 Å². The summed E-state index contributed by atoms with van der Waals surface area (Å²) in [4.78, 5) is 20.7. The summed E-state index contributed by atoms with van der Waals surface area (Å²) in [6.45, 7) is 16.2. The van der Waals surface area contributed by atoms with Crippen LogP contribution in [0.15, 0.2) is 42.5 Å². The molecule has 4 nitrogen and oxygen atoms in total. The van der Waals surface area contributed by atoms with E-state index in [0.29, 0.717) is 12.1 Å². The number of piperazine rings is 1. The van der Waals surface area contributed by atoms with Crippen LogP contribution in [0.4, 0.5) is 0 Å². The van der Waals surface area contributed by atoms with Crippen LogP contribution in [0, 0.1) is 17.4 Å². The number of hydrogen-bond acceptors (Lipinski definition) is 3. The molecule has 33 heavy (non-hydrogen) atoms. The van der Waals surface area contributed by atoms with Crippen molar-refractivity contribution in [1.29, 1.82) is 0 Å². The molecule has 2 saturated heterocycles. The molecule has 2 atom stereocenters. The van der Waals surface area contributed by atoms with E-state index in [0.717, 1.165) is 62.3 Å². The van der Waals surface area contributed by atoms with Crippen molar-refractivity contribution in [2.24, 2.45) is 0 Å². The number of carbonyl (C=O) groups excluding carboxylic acids is 1. The normalized spacial score (nSPS) is 22.8. The lowest BCUT2D eigenvalue weighted by molar-refractivity contribution is -0.0278. The summed E-state index contributed by atoms with van der Waals surface area (Å²) in [6.07, 6.45) is 2.09. The molecular formula is C28H38IN3O. The zero-order valence-corrected chi connectivity index (χ0v) is 22.9. The van der Waals surface area contributed by atoms with E-state index in [2.05, 4.69) is 82.3 Å². The van der Waals surface area contributed by atoms with Crippen LogP contribution in [-0.2, 0) is 0 Å². The van der Waals surface area contributed by atoms with Gasteiger partial charge in [-0.15, -0.1) is 0 Å². The van der Waals surface area contributed by atoms with Crippen LogP contribution in [-0.4, -0.2) is 64.9 Å². The molecule has 2 aliphatic rings. The van der Waals surface area contributed by atoms with Gasteiger partial charge in [0.25, 0.3) is 5.91 Å². The van der Waals surface area contributed by atoms with Gasteiger partial charge in [-0.3, -0.25) is 14.6 Å². The average Bonchev–Trinajstić information content (AvgIpc) is 2.79. The number of nitrogens with zero attached hydrogens (tertiary/aromatic N) is 3. The van der Waals surface area contributed by atoms with Crippen LogP contribution in [0.2, 0.25) is 0 Å². The van der Waals surface area contributed by atoms with Crippen molar-refractivity contribution >= 4 is 28.5 Å². The van der Waals surface area contributed by atoms with Gasteiger partial charge in [-0.25, -0.2) is 0 Å². The quantitative estimate of drug-likeness (QED) is 0.455. The van der Waals surface area contributed by atoms with Crippen molar-refractivity contribution in [1.82, 2.24) is 14.7 Å². The largest absolute Gasteiger partial charge is 0.338 e. The third-order valence-corrected chi connectivity index (χ3v) is 8.83. The summed E-state index contributed by atoms with van der Waals surface area (Å²) in [5.74, 6) is 0.206. The van der Waals surface area contributed by atoms with E-state index in [4.69, 9.17) is 0 Å². The Labute approximate surface area is 213 Å². The van der Waals surface area contributed by atoms with Gasteiger partial charge in [0.1, 0.15) is 0 Å². The standard InChI is InChI=1S/C28H38IN3O/c1-20-7-6-8-21(2)26(20)27(33)30-15-13-28(5,14-16-30)31-17-18-32(22(3)19-31)23(4)24-9-11-25(29)12-10-24/h6-12,22-23H,13-19H2,1-5H3/t22-,23-/m0/s1/i29-4. The average molecular weight is 556 g/mol. The summed E-state index contributed by atoms with van der Waals surface area (Å²) in [5, 5.41) is 0. The molecule has 2 aromatic carbocycles. The number of aryl methyl sites for hydroxylation is 2. The van der Waals surface area contributed by atoms with Crippen molar-refractivity contribution < 1.29 is 4.79 Å². The Morgan fingerprint density at radius 2 is 1.61 bits per heavy atom. The summed E-state index contributed by atoms with van der Waals surface area (Å²) in [7, 11) is 0. The molecule has 2 aliphatic heterocycles. The van der Waals surface area contributed by atoms with Gasteiger partial charge in [-0.1, -0.05) is 30.3 Å². The Morgan fingerprint density at radius 1 is 1.00 bits per heavy atom. The van der Waals surface area contributed by atoms with Crippen LogP contribution < -0.4 is 0 Å². The highest BCUT2D eigenvalue weighted by Gasteiger charge is 2.40. The Kier molecular flexibility index (Phi) is 7.51. The maximum atomic E-state index is 13.3. The second kappa shape index (κ2) is 10.0. The Bertz CT molecular complexity index is 961. The monoisotopic (exact) mass is 555 g/mol. The van der Waals surface area contributed by atoms with Gasteiger partial charge >= 0.3 is 0 Å². The van der Waals surface area contributed by atoms with Crippen molar-refractivity contribution in [2.75, 3.05) is 32.7 Å².